The molecule has 0 N–H and O–H groups in total. The van der Waals surface area contributed by atoms with Gasteiger partial charge >= 0.3 is 0 Å². The molecule has 2 aromatic carbocycles. The average molecular weight is 297 g/mol. The first-order valence-electron chi connectivity index (χ1n) is 7.45. The van der Waals surface area contributed by atoms with Crippen LogP contribution < -0.4 is 4.74 Å². The molecular weight excluding hydrogens is 274 g/mol. The van der Waals surface area contributed by atoms with E-state index < -0.39 is 0 Å². The number of likely N-dealkylation sites (N-methyl/N-ethyl adjacent to an activating group) is 1. The number of hydrogen-bond donors (Lipinski definition) is 0. The molecule has 2 rings (SSSR count). The SMILES string of the molecule is Cc1ccc(CN(C)C(=O)COc2ccc(C)c(C)c2)cc1. The van der Waals surface area contributed by atoms with Crippen LogP contribution >= 0.6 is 0 Å². The Kier molecular flexibility index (Phi) is 5.21. The fourth-order valence-corrected chi connectivity index (χ4v) is 2.11. The number of benzene rings is 2. The standard InChI is InChI=1S/C19H23NO2/c1-14-5-8-17(9-6-14)12-20(4)19(21)13-22-18-10-7-15(2)16(3)11-18/h5-11H,12-13H2,1-4H3. The van der Waals surface area contributed by atoms with Crippen molar-refractivity contribution in [1.29, 1.82) is 0 Å². The van der Waals surface area contributed by atoms with E-state index in [1.807, 2.05) is 37.3 Å². The number of ether oxygens (including phenoxy) is 1. The van der Waals surface area contributed by atoms with Crippen LogP contribution in [0, 0.1) is 20.8 Å². The fraction of sp³-hybridized carbons (Fsp3) is 0.316. The van der Waals surface area contributed by atoms with E-state index in [1.54, 1.807) is 11.9 Å². The van der Waals surface area contributed by atoms with Gasteiger partial charge in [0, 0.05) is 13.6 Å². The first-order chi connectivity index (χ1) is 10.5. The van der Waals surface area contributed by atoms with Crippen LogP contribution in [0.2, 0.25) is 0 Å². The third kappa shape index (κ3) is 4.35. The van der Waals surface area contributed by atoms with E-state index in [1.165, 1.54) is 11.1 Å². The van der Waals surface area contributed by atoms with E-state index in [2.05, 4.69) is 26.0 Å². The molecule has 22 heavy (non-hydrogen) atoms. The van der Waals surface area contributed by atoms with Crippen LogP contribution in [0.4, 0.5) is 0 Å². The van der Waals surface area contributed by atoms with Crippen molar-refractivity contribution in [3.8, 4) is 5.75 Å². The molecule has 116 valence electrons. The lowest BCUT2D eigenvalue weighted by Gasteiger charge is -2.18. The van der Waals surface area contributed by atoms with E-state index >= 15 is 0 Å². The lowest BCUT2D eigenvalue weighted by atomic mass is 10.1. The molecule has 1 amide bonds. The largest absolute Gasteiger partial charge is 0.484 e. The van der Waals surface area contributed by atoms with Gasteiger partial charge in [0.15, 0.2) is 6.61 Å². The summed E-state index contributed by atoms with van der Waals surface area (Å²) in [6.45, 7) is 6.80. The number of carbonyl (C=O) groups excluding carboxylic acids is 1. The Hall–Kier alpha value is -2.29. The van der Waals surface area contributed by atoms with Gasteiger partial charge in [-0.3, -0.25) is 4.79 Å². The number of nitrogens with zero attached hydrogens (tertiary/aromatic N) is 1. The monoisotopic (exact) mass is 297 g/mol. The van der Waals surface area contributed by atoms with Crippen molar-refractivity contribution >= 4 is 5.91 Å². The highest BCUT2D eigenvalue weighted by Gasteiger charge is 2.10. The molecule has 0 unspecified atom stereocenters. The molecule has 0 heterocycles. The number of rotatable bonds is 5. The van der Waals surface area contributed by atoms with E-state index in [4.69, 9.17) is 4.74 Å². The second kappa shape index (κ2) is 7.12. The minimum atomic E-state index is -0.0289. The second-order valence-corrected chi connectivity index (χ2v) is 5.77. The van der Waals surface area contributed by atoms with Gasteiger partial charge in [0.25, 0.3) is 5.91 Å². The molecule has 0 saturated carbocycles. The predicted octanol–water partition coefficient (Wildman–Crippen LogP) is 3.65. The van der Waals surface area contributed by atoms with Gasteiger partial charge in [-0.25, -0.2) is 0 Å². The van der Waals surface area contributed by atoms with Crippen molar-refractivity contribution in [3.63, 3.8) is 0 Å². The highest BCUT2D eigenvalue weighted by atomic mass is 16.5. The van der Waals surface area contributed by atoms with Crippen molar-refractivity contribution in [2.75, 3.05) is 13.7 Å². The first-order valence-corrected chi connectivity index (χ1v) is 7.45. The van der Waals surface area contributed by atoms with Crippen LogP contribution in [0.15, 0.2) is 42.5 Å². The van der Waals surface area contributed by atoms with E-state index in [0.717, 1.165) is 16.9 Å². The third-order valence-electron chi connectivity index (χ3n) is 3.81. The Morgan fingerprint density at radius 2 is 1.68 bits per heavy atom. The Balaban J connectivity index is 1.88. The smallest absolute Gasteiger partial charge is 0.260 e. The van der Waals surface area contributed by atoms with Gasteiger partial charge in [-0.1, -0.05) is 35.9 Å². The summed E-state index contributed by atoms with van der Waals surface area (Å²) < 4.78 is 5.59. The predicted molar refractivity (Wildman–Crippen MR) is 89.1 cm³/mol. The highest BCUT2D eigenvalue weighted by molar-refractivity contribution is 5.77. The van der Waals surface area contributed by atoms with Crippen molar-refractivity contribution in [1.82, 2.24) is 4.90 Å². The van der Waals surface area contributed by atoms with Crippen LogP contribution in [0.3, 0.4) is 0 Å². The van der Waals surface area contributed by atoms with Crippen molar-refractivity contribution < 1.29 is 9.53 Å². The summed E-state index contributed by atoms with van der Waals surface area (Å²) in [7, 11) is 1.80. The minimum absolute atomic E-state index is 0.0289. The maximum absolute atomic E-state index is 12.1. The number of amides is 1. The molecule has 0 aliphatic heterocycles. The zero-order valence-electron chi connectivity index (χ0n) is 13.7. The molecule has 0 radical (unpaired) electrons. The van der Waals surface area contributed by atoms with Gasteiger partial charge < -0.3 is 9.64 Å². The summed E-state index contributed by atoms with van der Waals surface area (Å²) >= 11 is 0. The first kappa shape index (κ1) is 16.1. The zero-order valence-corrected chi connectivity index (χ0v) is 13.7. The second-order valence-electron chi connectivity index (χ2n) is 5.77. The lowest BCUT2D eigenvalue weighted by molar-refractivity contribution is -0.132. The molecule has 0 atom stereocenters. The quantitative estimate of drug-likeness (QED) is 0.843. The topological polar surface area (TPSA) is 29.5 Å². The van der Waals surface area contributed by atoms with E-state index in [0.29, 0.717) is 6.54 Å². The maximum Gasteiger partial charge on any atom is 0.260 e. The van der Waals surface area contributed by atoms with Crippen molar-refractivity contribution in [3.05, 3.63) is 64.7 Å². The summed E-state index contributed by atoms with van der Waals surface area (Å²) in [5.74, 6) is 0.707. The molecule has 0 aromatic heterocycles. The summed E-state index contributed by atoms with van der Waals surface area (Å²) in [6, 6.07) is 14.1. The molecule has 0 fully saturated rings. The molecule has 0 bridgehead atoms. The van der Waals surface area contributed by atoms with Gasteiger partial charge in [-0.2, -0.15) is 0 Å². The van der Waals surface area contributed by atoms with E-state index in [-0.39, 0.29) is 12.5 Å². The van der Waals surface area contributed by atoms with Gasteiger partial charge in [0.1, 0.15) is 5.75 Å². The summed E-state index contributed by atoms with van der Waals surface area (Å²) in [5, 5.41) is 0. The number of carbonyl (C=O) groups is 1. The van der Waals surface area contributed by atoms with Crippen LogP contribution in [-0.2, 0) is 11.3 Å². The van der Waals surface area contributed by atoms with Crippen molar-refractivity contribution in [2.24, 2.45) is 0 Å². The molecule has 3 heteroatoms. The summed E-state index contributed by atoms with van der Waals surface area (Å²) in [4.78, 5) is 13.8. The molecule has 0 spiro atoms. The molecule has 0 saturated heterocycles. The Bertz CT molecular complexity index is 647. The highest BCUT2D eigenvalue weighted by Crippen LogP contribution is 2.16. The molecule has 0 aliphatic rings. The Morgan fingerprint density at radius 1 is 1.00 bits per heavy atom. The number of aryl methyl sites for hydroxylation is 3. The van der Waals surface area contributed by atoms with Crippen LogP contribution in [-0.4, -0.2) is 24.5 Å². The lowest BCUT2D eigenvalue weighted by Crippen LogP contribution is -2.30. The van der Waals surface area contributed by atoms with Crippen LogP contribution in [0.5, 0.6) is 5.75 Å². The average Bonchev–Trinajstić information content (AvgIpc) is 2.50. The number of hydrogen-bond acceptors (Lipinski definition) is 2. The Morgan fingerprint density at radius 3 is 2.32 bits per heavy atom. The summed E-state index contributed by atoms with van der Waals surface area (Å²) in [6.07, 6.45) is 0. The zero-order chi connectivity index (χ0) is 16.1. The molecule has 2 aromatic rings. The molecule has 3 nitrogen and oxygen atoms in total. The van der Waals surface area contributed by atoms with Crippen molar-refractivity contribution in [2.45, 2.75) is 27.3 Å². The van der Waals surface area contributed by atoms with E-state index in [9.17, 15) is 4.79 Å². The van der Waals surface area contributed by atoms with Gasteiger partial charge in [0.2, 0.25) is 0 Å². The van der Waals surface area contributed by atoms with Gasteiger partial charge in [-0.05, 0) is 49.6 Å². The van der Waals surface area contributed by atoms with Crippen LogP contribution in [0.25, 0.3) is 0 Å². The van der Waals surface area contributed by atoms with Gasteiger partial charge in [0.05, 0.1) is 0 Å². The Labute approximate surface area is 132 Å². The maximum atomic E-state index is 12.1. The summed E-state index contributed by atoms with van der Waals surface area (Å²) in [5.41, 5.74) is 4.72. The molecular formula is C19H23NO2. The fourth-order valence-electron chi connectivity index (χ4n) is 2.11. The van der Waals surface area contributed by atoms with Crippen LogP contribution in [0.1, 0.15) is 22.3 Å². The van der Waals surface area contributed by atoms with Gasteiger partial charge in [-0.15, -0.1) is 0 Å². The molecule has 0 aliphatic carbocycles. The normalized spacial score (nSPS) is 10.4. The third-order valence-corrected chi connectivity index (χ3v) is 3.81. The minimum Gasteiger partial charge on any atom is -0.484 e.